The summed E-state index contributed by atoms with van der Waals surface area (Å²) in [5.74, 6) is 0.409. The minimum Gasteiger partial charge on any atom is -0.369 e. The molecule has 0 unspecified atom stereocenters. The Morgan fingerprint density at radius 1 is 0.967 bits per heavy atom. The van der Waals surface area contributed by atoms with Gasteiger partial charge in [-0.05, 0) is 37.1 Å². The lowest BCUT2D eigenvalue weighted by molar-refractivity contribution is 0.0948. The molecule has 1 amide bonds. The Balaban J connectivity index is 1.35. The number of carbonyl (C=O) groups excluding carboxylic acids is 1. The van der Waals surface area contributed by atoms with Crippen molar-refractivity contribution in [2.45, 2.75) is 26.9 Å². The van der Waals surface area contributed by atoms with E-state index in [9.17, 15) is 4.79 Å². The standard InChI is InChI=1S/C24H28N4O2/c1-18-23(19(2)30-26-18)24(29)25-16-20-8-6-7-9-21(20)17-27-12-14-28(15-13-27)22-10-4-3-5-11-22/h3-11H,12-17H2,1-2H3,(H,25,29). The van der Waals surface area contributed by atoms with Gasteiger partial charge in [0.05, 0.1) is 5.69 Å². The van der Waals surface area contributed by atoms with Crippen LogP contribution in [0.3, 0.4) is 0 Å². The maximum Gasteiger partial charge on any atom is 0.257 e. The fourth-order valence-corrected chi connectivity index (χ4v) is 4.00. The van der Waals surface area contributed by atoms with E-state index in [1.54, 1.807) is 13.8 Å². The molecular formula is C24H28N4O2. The van der Waals surface area contributed by atoms with Crippen molar-refractivity contribution >= 4 is 11.6 Å². The van der Waals surface area contributed by atoms with Gasteiger partial charge in [0, 0.05) is 45.0 Å². The maximum absolute atomic E-state index is 12.6. The molecule has 0 radical (unpaired) electrons. The predicted octanol–water partition coefficient (Wildman–Crippen LogP) is 3.54. The van der Waals surface area contributed by atoms with E-state index >= 15 is 0 Å². The molecular weight excluding hydrogens is 376 g/mol. The van der Waals surface area contributed by atoms with Crippen molar-refractivity contribution in [3.05, 3.63) is 82.7 Å². The van der Waals surface area contributed by atoms with Crippen LogP contribution in [0.2, 0.25) is 0 Å². The molecule has 30 heavy (non-hydrogen) atoms. The van der Waals surface area contributed by atoms with Crippen LogP contribution >= 0.6 is 0 Å². The fraction of sp³-hybridized carbons (Fsp3) is 0.333. The molecule has 0 bridgehead atoms. The van der Waals surface area contributed by atoms with Crippen molar-refractivity contribution in [2.24, 2.45) is 0 Å². The number of nitrogens with one attached hydrogen (secondary N) is 1. The van der Waals surface area contributed by atoms with E-state index in [-0.39, 0.29) is 5.91 Å². The lowest BCUT2D eigenvalue weighted by Gasteiger charge is -2.36. The molecule has 0 spiro atoms. The van der Waals surface area contributed by atoms with E-state index in [1.165, 1.54) is 11.3 Å². The minimum atomic E-state index is -0.141. The number of rotatable bonds is 6. The number of hydrogen-bond donors (Lipinski definition) is 1. The molecule has 3 aromatic rings. The number of anilines is 1. The first-order valence-electron chi connectivity index (χ1n) is 10.4. The van der Waals surface area contributed by atoms with Crippen molar-refractivity contribution in [1.82, 2.24) is 15.4 Å². The highest BCUT2D eigenvalue weighted by molar-refractivity contribution is 5.96. The van der Waals surface area contributed by atoms with Gasteiger partial charge in [-0.25, -0.2) is 0 Å². The average molecular weight is 405 g/mol. The number of carbonyl (C=O) groups is 1. The van der Waals surface area contributed by atoms with Gasteiger partial charge in [-0.3, -0.25) is 9.69 Å². The van der Waals surface area contributed by atoms with Crippen molar-refractivity contribution in [3.8, 4) is 0 Å². The molecule has 0 saturated carbocycles. The van der Waals surface area contributed by atoms with Crippen molar-refractivity contribution in [3.63, 3.8) is 0 Å². The molecule has 2 heterocycles. The second-order valence-electron chi connectivity index (χ2n) is 7.75. The van der Waals surface area contributed by atoms with Gasteiger partial charge in [0.25, 0.3) is 5.91 Å². The maximum atomic E-state index is 12.6. The van der Waals surface area contributed by atoms with E-state index in [2.05, 4.69) is 68.8 Å². The highest BCUT2D eigenvalue weighted by Gasteiger charge is 2.19. The molecule has 1 aromatic heterocycles. The summed E-state index contributed by atoms with van der Waals surface area (Å²) >= 11 is 0. The quantitative estimate of drug-likeness (QED) is 0.681. The summed E-state index contributed by atoms with van der Waals surface area (Å²) in [5, 5.41) is 6.89. The summed E-state index contributed by atoms with van der Waals surface area (Å²) < 4.78 is 5.11. The number of amides is 1. The van der Waals surface area contributed by atoms with Gasteiger partial charge in [-0.15, -0.1) is 0 Å². The summed E-state index contributed by atoms with van der Waals surface area (Å²) in [6.45, 7) is 9.02. The lowest BCUT2D eigenvalue weighted by Crippen LogP contribution is -2.46. The summed E-state index contributed by atoms with van der Waals surface area (Å²) in [6, 6.07) is 18.9. The van der Waals surface area contributed by atoms with Gasteiger partial charge in [0.1, 0.15) is 11.3 Å². The number of hydrogen-bond acceptors (Lipinski definition) is 5. The molecule has 1 aliphatic heterocycles. The molecule has 2 aromatic carbocycles. The molecule has 0 atom stereocenters. The van der Waals surface area contributed by atoms with Crippen LogP contribution < -0.4 is 10.2 Å². The molecule has 1 N–H and O–H groups in total. The van der Waals surface area contributed by atoms with Gasteiger partial charge < -0.3 is 14.7 Å². The summed E-state index contributed by atoms with van der Waals surface area (Å²) in [6.07, 6.45) is 0. The van der Waals surface area contributed by atoms with Crippen LogP contribution in [-0.4, -0.2) is 42.1 Å². The molecule has 4 rings (SSSR count). The highest BCUT2D eigenvalue weighted by Crippen LogP contribution is 2.18. The van der Waals surface area contributed by atoms with Gasteiger partial charge in [-0.2, -0.15) is 0 Å². The van der Waals surface area contributed by atoms with Crippen LogP contribution in [-0.2, 0) is 13.1 Å². The SMILES string of the molecule is Cc1noc(C)c1C(=O)NCc1ccccc1CN1CCN(c2ccccc2)CC1. The lowest BCUT2D eigenvalue weighted by atomic mass is 10.1. The first kappa shape index (κ1) is 20.2. The first-order chi connectivity index (χ1) is 14.6. The van der Waals surface area contributed by atoms with Crippen LogP contribution in [0.1, 0.15) is 32.9 Å². The van der Waals surface area contributed by atoms with Crippen LogP contribution in [0.5, 0.6) is 0 Å². The fourth-order valence-electron chi connectivity index (χ4n) is 4.00. The second-order valence-corrected chi connectivity index (χ2v) is 7.75. The molecule has 0 aliphatic carbocycles. The van der Waals surface area contributed by atoms with Crippen molar-refractivity contribution in [2.75, 3.05) is 31.1 Å². The predicted molar refractivity (Wildman–Crippen MR) is 118 cm³/mol. The summed E-state index contributed by atoms with van der Waals surface area (Å²) in [5.41, 5.74) is 4.84. The third-order valence-electron chi connectivity index (χ3n) is 5.71. The molecule has 6 heteroatoms. The number of benzene rings is 2. The largest absolute Gasteiger partial charge is 0.369 e. The zero-order valence-electron chi connectivity index (χ0n) is 17.6. The van der Waals surface area contributed by atoms with Crippen LogP contribution in [0.25, 0.3) is 0 Å². The van der Waals surface area contributed by atoms with E-state index in [1.807, 2.05) is 6.07 Å². The molecule has 1 aliphatic rings. The van der Waals surface area contributed by atoms with E-state index in [0.29, 0.717) is 23.6 Å². The van der Waals surface area contributed by atoms with Gasteiger partial charge in [-0.1, -0.05) is 47.6 Å². The Labute approximate surface area is 177 Å². The Kier molecular flexibility index (Phi) is 6.14. The molecule has 6 nitrogen and oxygen atoms in total. The highest BCUT2D eigenvalue weighted by atomic mass is 16.5. The number of aryl methyl sites for hydroxylation is 2. The Morgan fingerprint density at radius 2 is 1.63 bits per heavy atom. The smallest absolute Gasteiger partial charge is 0.257 e. The van der Waals surface area contributed by atoms with Crippen LogP contribution in [0.4, 0.5) is 5.69 Å². The van der Waals surface area contributed by atoms with Gasteiger partial charge in [0.2, 0.25) is 0 Å². The van der Waals surface area contributed by atoms with Crippen molar-refractivity contribution < 1.29 is 9.32 Å². The zero-order valence-corrected chi connectivity index (χ0v) is 17.6. The van der Waals surface area contributed by atoms with E-state index in [0.717, 1.165) is 38.3 Å². The normalized spacial score (nSPS) is 14.7. The second kappa shape index (κ2) is 9.13. The van der Waals surface area contributed by atoms with Gasteiger partial charge >= 0.3 is 0 Å². The minimum absolute atomic E-state index is 0.141. The topological polar surface area (TPSA) is 61.6 Å². The Morgan fingerprint density at radius 3 is 2.30 bits per heavy atom. The summed E-state index contributed by atoms with van der Waals surface area (Å²) in [7, 11) is 0. The van der Waals surface area contributed by atoms with Crippen molar-refractivity contribution in [1.29, 1.82) is 0 Å². The third-order valence-corrected chi connectivity index (χ3v) is 5.71. The van der Waals surface area contributed by atoms with Crippen LogP contribution in [0, 0.1) is 13.8 Å². The molecule has 156 valence electrons. The van der Waals surface area contributed by atoms with E-state index < -0.39 is 0 Å². The van der Waals surface area contributed by atoms with Crippen LogP contribution in [0.15, 0.2) is 59.1 Å². The first-order valence-corrected chi connectivity index (χ1v) is 10.4. The zero-order chi connectivity index (χ0) is 20.9. The third kappa shape index (κ3) is 4.54. The number of piperazine rings is 1. The number of aromatic nitrogens is 1. The van der Waals surface area contributed by atoms with E-state index in [4.69, 9.17) is 4.52 Å². The molecule has 1 fully saturated rings. The molecule has 1 saturated heterocycles. The number of nitrogens with zero attached hydrogens (tertiary/aromatic N) is 3. The Hall–Kier alpha value is -3.12. The summed E-state index contributed by atoms with van der Waals surface area (Å²) in [4.78, 5) is 17.5. The average Bonchev–Trinajstić information content (AvgIpc) is 3.12. The monoisotopic (exact) mass is 404 g/mol. The number of para-hydroxylation sites is 1. The Bertz CT molecular complexity index is 972. The van der Waals surface area contributed by atoms with Gasteiger partial charge in [0.15, 0.2) is 0 Å².